The number of amidine groups is 1. The molecule has 0 aromatic heterocycles. The molecule has 0 aliphatic rings. The Labute approximate surface area is 145 Å². The van der Waals surface area contributed by atoms with Gasteiger partial charge in [-0.15, -0.1) is 0 Å². The summed E-state index contributed by atoms with van der Waals surface area (Å²) in [6.45, 7) is 1.68. The van der Waals surface area contributed by atoms with Gasteiger partial charge in [-0.05, 0) is 36.8 Å². The van der Waals surface area contributed by atoms with Gasteiger partial charge in [-0.1, -0.05) is 41.0 Å². The molecule has 2 aromatic carbocycles. The minimum absolute atomic E-state index is 0.0687. The number of anilines is 1. The molecule has 0 heterocycles. The summed E-state index contributed by atoms with van der Waals surface area (Å²) in [5, 5.41) is 6.86. The molecular formula is C17H18ClN3O3. The highest BCUT2D eigenvalue weighted by atomic mass is 35.5. The van der Waals surface area contributed by atoms with Crippen LogP contribution in [0.4, 0.5) is 5.69 Å². The quantitative estimate of drug-likeness (QED) is 0.458. The number of benzene rings is 2. The molecule has 0 unspecified atom stereocenters. The van der Waals surface area contributed by atoms with E-state index in [9.17, 15) is 4.79 Å². The van der Waals surface area contributed by atoms with Gasteiger partial charge in [0.2, 0.25) is 0 Å². The van der Waals surface area contributed by atoms with Crippen molar-refractivity contribution in [1.29, 1.82) is 0 Å². The summed E-state index contributed by atoms with van der Waals surface area (Å²) < 4.78 is 5.39. The van der Waals surface area contributed by atoms with Crippen molar-refractivity contribution in [1.82, 2.24) is 0 Å². The van der Waals surface area contributed by atoms with E-state index in [4.69, 9.17) is 26.9 Å². The largest absolute Gasteiger partial charge is 0.486 e. The van der Waals surface area contributed by atoms with Gasteiger partial charge in [-0.25, -0.2) is 0 Å². The van der Waals surface area contributed by atoms with E-state index in [0.29, 0.717) is 16.5 Å². The lowest BCUT2D eigenvalue weighted by Gasteiger charge is -2.07. The molecule has 24 heavy (non-hydrogen) atoms. The lowest BCUT2D eigenvalue weighted by atomic mass is 10.2. The lowest BCUT2D eigenvalue weighted by molar-refractivity contribution is -0.120. The van der Waals surface area contributed by atoms with Crippen molar-refractivity contribution in [2.75, 3.05) is 18.5 Å². The lowest BCUT2D eigenvalue weighted by Crippen LogP contribution is -2.23. The van der Waals surface area contributed by atoms with Crippen molar-refractivity contribution in [2.45, 2.75) is 6.92 Å². The number of ether oxygens (including phenoxy) is 1. The zero-order valence-corrected chi connectivity index (χ0v) is 13.9. The van der Waals surface area contributed by atoms with E-state index in [1.54, 1.807) is 24.3 Å². The second-order valence-electron chi connectivity index (χ2n) is 4.97. The van der Waals surface area contributed by atoms with E-state index >= 15 is 0 Å². The highest BCUT2D eigenvalue weighted by molar-refractivity contribution is 6.31. The number of rotatable bonds is 7. The van der Waals surface area contributed by atoms with Crippen molar-refractivity contribution in [3.05, 3.63) is 59.1 Å². The van der Waals surface area contributed by atoms with Crippen LogP contribution in [0, 0.1) is 6.92 Å². The van der Waals surface area contributed by atoms with Crippen LogP contribution in [-0.2, 0) is 9.63 Å². The third-order valence-corrected chi connectivity index (χ3v) is 3.37. The predicted octanol–water partition coefficient (Wildman–Crippen LogP) is 2.95. The average molecular weight is 348 g/mol. The number of carbonyl (C=O) groups excluding carboxylic acids is 1. The number of para-hydroxylation sites is 1. The minimum Gasteiger partial charge on any atom is -0.486 e. The van der Waals surface area contributed by atoms with Crippen molar-refractivity contribution in [3.8, 4) is 5.75 Å². The fourth-order valence-corrected chi connectivity index (χ4v) is 1.92. The number of nitrogens with zero attached hydrogens (tertiary/aromatic N) is 1. The molecule has 0 aliphatic heterocycles. The summed E-state index contributed by atoms with van der Waals surface area (Å²) in [7, 11) is 0. The molecule has 2 rings (SSSR count). The summed E-state index contributed by atoms with van der Waals surface area (Å²) in [5.74, 6) is 0.435. The monoisotopic (exact) mass is 347 g/mol. The fourth-order valence-electron chi connectivity index (χ4n) is 1.74. The Morgan fingerprint density at radius 3 is 2.67 bits per heavy atom. The molecule has 6 nitrogen and oxygen atoms in total. The van der Waals surface area contributed by atoms with Crippen molar-refractivity contribution in [3.63, 3.8) is 0 Å². The summed E-state index contributed by atoms with van der Waals surface area (Å²) in [4.78, 5) is 16.7. The maximum Gasteiger partial charge on any atom is 0.265 e. The van der Waals surface area contributed by atoms with Gasteiger partial charge in [-0.3, -0.25) is 4.79 Å². The molecule has 0 spiro atoms. The van der Waals surface area contributed by atoms with Gasteiger partial charge in [0.25, 0.3) is 5.91 Å². The summed E-state index contributed by atoms with van der Waals surface area (Å²) in [6.07, 6.45) is 0. The second-order valence-corrected chi connectivity index (χ2v) is 5.38. The normalized spacial score (nSPS) is 11.0. The Hall–Kier alpha value is -2.73. The van der Waals surface area contributed by atoms with E-state index < -0.39 is 0 Å². The summed E-state index contributed by atoms with van der Waals surface area (Å²) >= 11 is 5.99. The Balaban J connectivity index is 1.73. The maximum absolute atomic E-state index is 11.7. The van der Waals surface area contributed by atoms with Crippen LogP contribution in [0.1, 0.15) is 5.56 Å². The van der Waals surface area contributed by atoms with Crippen LogP contribution in [0.2, 0.25) is 5.02 Å². The van der Waals surface area contributed by atoms with E-state index in [-0.39, 0.29) is 25.0 Å². The molecule has 0 fully saturated rings. The van der Waals surface area contributed by atoms with Gasteiger partial charge in [0, 0.05) is 10.7 Å². The first-order valence-corrected chi connectivity index (χ1v) is 7.60. The Bertz CT molecular complexity index is 720. The number of halogens is 1. The Morgan fingerprint density at radius 2 is 1.96 bits per heavy atom. The molecule has 0 saturated carbocycles. The average Bonchev–Trinajstić information content (AvgIpc) is 2.57. The maximum atomic E-state index is 11.7. The topological polar surface area (TPSA) is 85.9 Å². The van der Waals surface area contributed by atoms with Gasteiger partial charge in [-0.2, -0.15) is 0 Å². The first-order chi connectivity index (χ1) is 11.5. The van der Waals surface area contributed by atoms with Crippen LogP contribution in [0.25, 0.3) is 0 Å². The number of carbonyl (C=O) groups is 1. The Morgan fingerprint density at radius 1 is 1.21 bits per heavy atom. The van der Waals surface area contributed by atoms with Crippen LogP contribution < -0.4 is 15.8 Å². The zero-order chi connectivity index (χ0) is 17.4. The van der Waals surface area contributed by atoms with Gasteiger partial charge in [0.1, 0.15) is 12.4 Å². The predicted molar refractivity (Wildman–Crippen MR) is 94.3 cm³/mol. The molecule has 126 valence electrons. The van der Waals surface area contributed by atoms with Crippen LogP contribution in [0.5, 0.6) is 5.75 Å². The van der Waals surface area contributed by atoms with Crippen LogP contribution in [0.3, 0.4) is 0 Å². The fraction of sp³-hybridized carbons (Fsp3) is 0.176. The summed E-state index contributed by atoms with van der Waals surface area (Å²) in [6, 6.07) is 14.4. The Kier molecular flexibility index (Phi) is 6.45. The molecule has 7 heteroatoms. The number of hydrogen-bond donors (Lipinski definition) is 2. The molecule has 1 amide bonds. The number of amides is 1. The van der Waals surface area contributed by atoms with E-state index in [1.165, 1.54) is 0 Å². The number of aryl methyl sites for hydroxylation is 1. The van der Waals surface area contributed by atoms with Gasteiger partial charge < -0.3 is 20.6 Å². The van der Waals surface area contributed by atoms with Crippen molar-refractivity contribution in [2.24, 2.45) is 10.9 Å². The van der Waals surface area contributed by atoms with E-state index in [0.717, 1.165) is 5.56 Å². The highest BCUT2D eigenvalue weighted by Crippen LogP contribution is 2.19. The van der Waals surface area contributed by atoms with Crippen molar-refractivity contribution < 1.29 is 14.4 Å². The second kappa shape index (κ2) is 8.79. The van der Waals surface area contributed by atoms with Crippen LogP contribution >= 0.6 is 11.6 Å². The third kappa shape index (κ3) is 5.81. The van der Waals surface area contributed by atoms with Gasteiger partial charge in [0.15, 0.2) is 12.4 Å². The van der Waals surface area contributed by atoms with Crippen LogP contribution in [-0.4, -0.2) is 25.0 Å². The van der Waals surface area contributed by atoms with E-state index in [1.807, 2.05) is 31.2 Å². The van der Waals surface area contributed by atoms with Crippen molar-refractivity contribution >= 4 is 29.0 Å². The zero-order valence-electron chi connectivity index (χ0n) is 13.2. The number of nitrogens with one attached hydrogen (secondary N) is 1. The smallest absolute Gasteiger partial charge is 0.265 e. The van der Waals surface area contributed by atoms with E-state index in [2.05, 4.69) is 10.5 Å². The molecule has 0 bridgehead atoms. The van der Waals surface area contributed by atoms with Crippen LogP contribution in [0.15, 0.2) is 53.7 Å². The van der Waals surface area contributed by atoms with Gasteiger partial charge in [0.05, 0.1) is 0 Å². The minimum atomic E-state index is -0.365. The highest BCUT2D eigenvalue weighted by Gasteiger charge is 2.05. The third-order valence-electron chi connectivity index (χ3n) is 2.96. The molecule has 2 aromatic rings. The molecule has 0 radical (unpaired) electrons. The first kappa shape index (κ1) is 17.6. The number of oxime groups is 1. The summed E-state index contributed by atoms with van der Waals surface area (Å²) in [5.41, 5.74) is 7.17. The molecular weight excluding hydrogens is 330 g/mol. The number of nitrogens with two attached hydrogens (primary N) is 1. The first-order valence-electron chi connectivity index (χ1n) is 7.23. The molecule has 0 saturated heterocycles. The standard InChI is InChI=1S/C17H18ClN3O3/c1-12-7-8-13(9-15(12)18)20-17(22)11-24-21-16(19)10-23-14-5-3-2-4-6-14/h2-9H,10-11H2,1H3,(H2,19,21)(H,20,22). The van der Waals surface area contributed by atoms with Gasteiger partial charge >= 0.3 is 0 Å². The number of hydrogen-bond acceptors (Lipinski definition) is 4. The SMILES string of the molecule is Cc1ccc(NC(=O)CO/N=C(\N)COc2ccccc2)cc1Cl. The molecule has 3 N–H and O–H groups in total. The molecule has 0 atom stereocenters. The molecule has 0 aliphatic carbocycles.